The first-order valence-corrected chi connectivity index (χ1v) is 9.64. The average molecular weight is 417 g/mol. The highest BCUT2D eigenvalue weighted by molar-refractivity contribution is 7.07. The number of fused-ring (bicyclic) bond motifs is 1. The number of carbonyl (C=O) groups excluding carboxylic acids is 1. The maximum atomic E-state index is 13.1. The van der Waals surface area contributed by atoms with E-state index in [2.05, 4.69) is 16.0 Å². The van der Waals surface area contributed by atoms with Crippen LogP contribution in [0.15, 0.2) is 59.4 Å². The number of carbonyl (C=O) groups is 1. The summed E-state index contributed by atoms with van der Waals surface area (Å²) in [5.41, 5.74) is 7.41. The molecule has 4 rings (SSSR count). The lowest BCUT2D eigenvalue weighted by Gasteiger charge is -2.24. The summed E-state index contributed by atoms with van der Waals surface area (Å²) in [6.45, 7) is 0. The Morgan fingerprint density at radius 3 is 2.63 bits per heavy atom. The van der Waals surface area contributed by atoms with Crippen molar-refractivity contribution in [2.45, 2.75) is 5.92 Å². The van der Waals surface area contributed by atoms with Gasteiger partial charge < -0.3 is 10.5 Å². The predicted octanol–water partition coefficient (Wildman–Crippen LogP) is 0.301. The second kappa shape index (κ2) is 7.77. The maximum absolute atomic E-state index is 13.1. The molecule has 9 heteroatoms. The predicted molar refractivity (Wildman–Crippen MR) is 111 cm³/mol. The lowest BCUT2D eigenvalue weighted by Crippen LogP contribution is -2.40. The summed E-state index contributed by atoms with van der Waals surface area (Å²) in [6, 6.07) is 9.07. The number of thiazole rings is 1. The Balaban J connectivity index is 2.12. The normalized spacial score (nSPS) is 16.2. The first kappa shape index (κ1) is 19.3. The molecule has 30 heavy (non-hydrogen) atoms. The number of hydrogen-bond donors (Lipinski definition) is 1. The highest BCUT2D eigenvalue weighted by atomic mass is 32.1. The summed E-state index contributed by atoms with van der Waals surface area (Å²) in [6.07, 6.45) is 8.06. The van der Waals surface area contributed by atoms with E-state index in [4.69, 9.17) is 10.5 Å². The number of methoxy groups -OCH3 is 1. The van der Waals surface area contributed by atoms with Gasteiger partial charge >= 0.3 is 5.97 Å². The largest absolute Gasteiger partial charge is 0.466 e. The summed E-state index contributed by atoms with van der Waals surface area (Å²) >= 11 is 1.11. The molecule has 1 unspecified atom stereocenters. The standard InChI is InChI=1S/C21H15N5O3S/c1-29-21(28)17-16(13-5-3-7-25-11-13)14(9-22)18(23)26-19(27)15(30-20(17)26)8-12-4-2-6-24-10-12/h2-8,10-11,16H,23H2,1H3/b15-8-. The molecule has 0 aromatic carbocycles. The lowest BCUT2D eigenvalue weighted by atomic mass is 9.84. The maximum Gasteiger partial charge on any atom is 0.337 e. The van der Waals surface area contributed by atoms with Crippen molar-refractivity contribution in [1.29, 1.82) is 5.26 Å². The third-order valence-electron chi connectivity index (χ3n) is 4.67. The van der Waals surface area contributed by atoms with Crippen molar-refractivity contribution in [1.82, 2.24) is 14.5 Å². The number of hydrogen-bond acceptors (Lipinski definition) is 8. The Kier molecular flexibility index (Phi) is 5.00. The molecule has 148 valence electrons. The van der Waals surface area contributed by atoms with E-state index in [1.165, 1.54) is 11.7 Å². The topological polar surface area (TPSA) is 124 Å². The van der Waals surface area contributed by atoms with Crippen LogP contribution in [0.4, 0.5) is 0 Å². The van der Waals surface area contributed by atoms with E-state index in [1.807, 2.05) is 0 Å². The molecule has 1 aliphatic rings. The summed E-state index contributed by atoms with van der Waals surface area (Å²) < 4.78 is 6.87. The molecule has 1 atom stereocenters. The zero-order valence-electron chi connectivity index (χ0n) is 15.8. The van der Waals surface area contributed by atoms with Crippen LogP contribution in [-0.4, -0.2) is 27.6 Å². The van der Waals surface area contributed by atoms with Gasteiger partial charge in [0.05, 0.1) is 34.8 Å². The fourth-order valence-electron chi connectivity index (χ4n) is 3.35. The van der Waals surface area contributed by atoms with Crippen LogP contribution in [0, 0.1) is 11.3 Å². The van der Waals surface area contributed by atoms with Crippen LogP contribution in [-0.2, 0) is 9.53 Å². The molecule has 0 bridgehead atoms. The Bertz CT molecular complexity index is 1380. The van der Waals surface area contributed by atoms with Crippen molar-refractivity contribution >= 4 is 34.8 Å². The number of nitrogens with zero attached hydrogens (tertiary/aromatic N) is 4. The van der Waals surface area contributed by atoms with Gasteiger partial charge in [-0.15, -0.1) is 11.3 Å². The lowest BCUT2D eigenvalue weighted by molar-refractivity contribution is -0.134. The average Bonchev–Trinajstić information content (AvgIpc) is 3.10. The molecule has 2 N–H and O–H groups in total. The zero-order chi connectivity index (χ0) is 21.3. The van der Waals surface area contributed by atoms with Crippen molar-refractivity contribution in [2.24, 2.45) is 5.73 Å². The molecule has 0 radical (unpaired) electrons. The van der Waals surface area contributed by atoms with Crippen molar-refractivity contribution in [3.05, 3.63) is 85.3 Å². The fourth-order valence-corrected chi connectivity index (χ4v) is 4.51. The SMILES string of the molecule is COC(=O)C1=c2s/c(=C\c3cccnc3)c(=O)n2C(N)=C(C#N)C1c1cccnc1. The first-order chi connectivity index (χ1) is 14.6. The van der Waals surface area contributed by atoms with Crippen LogP contribution in [0.5, 0.6) is 0 Å². The van der Waals surface area contributed by atoms with E-state index in [1.54, 1.807) is 55.1 Å². The van der Waals surface area contributed by atoms with Crippen LogP contribution in [0.25, 0.3) is 17.5 Å². The highest BCUT2D eigenvalue weighted by Crippen LogP contribution is 2.35. The van der Waals surface area contributed by atoms with Crippen molar-refractivity contribution in [2.75, 3.05) is 7.11 Å². The summed E-state index contributed by atoms with van der Waals surface area (Å²) in [4.78, 5) is 34.0. The molecule has 0 spiro atoms. The highest BCUT2D eigenvalue weighted by Gasteiger charge is 2.36. The number of allylic oxidation sites excluding steroid dienone is 1. The van der Waals surface area contributed by atoms with Crippen molar-refractivity contribution < 1.29 is 9.53 Å². The molecular formula is C21H15N5O3S. The molecular weight excluding hydrogens is 402 g/mol. The van der Waals surface area contributed by atoms with Gasteiger partial charge in [0.2, 0.25) is 0 Å². The minimum Gasteiger partial charge on any atom is -0.466 e. The van der Waals surface area contributed by atoms with E-state index in [-0.39, 0.29) is 17.0 Å². The Labute approximate surface area is 174 Å². The Morgan fingerprint density at radius 2 is 2.03 bits per heavy atom. The minimum atomic E-state index is -0.791. The van der Waals surface area contributed by atoms with Gasteiger partial charge in [-0.05, 0) is 29.3 Å². The van der Waals surface area contributed by atoms with Gasteiger partial charge in [0.25, 0.3) is 5.56 Å². The molecule has 4 heterocycles. The fraction of sp³-hybridized carbons (Fsp3) is 0.0952. The van der Waals surface area contributed by atoms with Gasteiger partial charge in [0, 0.05) is 24.8 Å². The summed E-state index contributed by atoms with van der Waals surface area (Å²) in [7, 11) is 1.25. The molecule has 0 amide bonds. The number of pyridine rings is 2. The van der Waals surface area contributed by atoms with Crippen LogP contribution >= 0.6 is 11.3 Å². The molecule has 3 aromatic rings. The Hall–Kier alpha value is -4.03. The zero-order valence-corrected chi connectivity index (χ0v) is 16.6. The molecule has 1 aliphatic heterocycles. The number of nitriles is 1. The summed E-state index contributed by atoms with van der Waals surface area (Å²) in [5.74, 6) is -1.45. The Morgan fingerprint density at radius 1 is 1.30 bits per heavy atom. The number of aromatic nitrogens is 3. The first-order valence-electron chi connectivity index (χ1n) is 8.83. The van der Waals surface area contributed by atoms with E-state index in [9.17, 15) is 14.9 Å². The molecule has 0 saturated carbocycles. The number of ether oxygens (including phenoxy) is 1. The number of rotatable bonds is 3. The number of nitrogens with two attached hydrogens (primary N) is 1. The minimum absolute atomic E-state index is 0.0129. The summed E-state index contributed by atoms with van der Waals surface area (Å²) in [5, 5.41) is 9.82. The van der Waals surface area contributed by atoms with Crippen molar-refractivity contribution in [3.8, 4) is 6.07 Å². The number of esters is 1. The van der Waals surface area contributed by atoms with Crippen LogP contribution in [0.3, 0.4) is 0 Å². The smallest absolute Gasteiger partial charge is 0.337 e. The van der Waals surface area contributed by atoms with Gasteiger partial charge in [0.1, 0.15) is 10.5 Å². The van der Waals surface area contributed by atoms with Gasteiger partial charge in [-0.1, -0.05) is 12.1 Å². The molecule has 0 fully saturated rings. The van der Waals surface area contributed by atoms with Gasteiger partial charge in [-0.25, -0.2) is 4.79 Å². The third kappa shape index (κ3) is 3.09. The monoisotopic (exact) mass is 417 g/mol. The second-order valence-corrected chi connectivity index (χ2v) is 7.41. The quantitative estimate of drug-likeness (QED) is 0.608. The van der Waals surface area contributed by atoms with Crippen LogP contribution < -0.4 is 20.5 Å². The van der Waals surface area contributed by atoms with Gasteiger partial charge in [0.15, 0.2) is 0 Å². The van der Waals surface area contributed by atoms with E-state index >= 15 is 0 Å². The second-order valence-electron chi connectivity index (χ2n) is 6.38. The van der Waals surface area contributed by atoms with E-state index in [0.717, 1.165) is 16.9 Å². The molecule has 8 nitrogen and oxygen atoms in total. The molecule has 3 aromatic heterocycles. The molecule has 0 saturated heterocycles. The van der Waals surface area contributed by atoms with Gasteiger partial charge in [-0.3, -0.25) is 19.3 Å². The van der Waals surface area contributed by atoms with Crippen LogP contribution in [0.2, 0.25) is 0 Å². The third-order valence-corrected chi connectivity index (χ3v) is 5.78. The van der Waals surface area contributed by atoms with Crippen LogP contribution in [0.1, 0.15) is 17.0 Å². The van der Waals surface area contributed by atoms with E-state index in [0.29, 0.717) is 14.8 Å². The van der Waals surface area contributed by atoms with Gasteiger partial charge in [-0.2, -0.15) is 5.26 Å². The van der Waals surface area contributed by atoms with Crippen molar-refractivity contribution in [3.63, 3.8) is 0 Å². The molecule has 0 aliphatic carbocycles. The van der Waals surface area contributed by atoms with E-state index < -0.39 is 17.4 Å².